The van der Waals surface area contributed by atoms with Crippen LogP contribution in [0.2, 0.25) is 0 Å². The van der Waals surface area contributed by atoms with Gasteiger partial charge in [-0.15, -0.1) is 0 Å². The number of amides is 3. The standard InChI is InChI=1S/C18H22BrN3O3/c19-14-3-1-2-12(8-14)13-4-6-21(9-13)18(24)22-7-5-16-15(10-22)20-17(23)11-25-16/h1-3,8,13,15-16H,4-7,9-11H2,(H,20,23)/t13-,15-,16+/m1/s1. The van der Waals surface area contributed by atoms with E-state index in [0.29, 0.717) is 19.0 Å². The number of rotatable bonds is 1. The summed E-state index contributed by atoms with van der Waals surface area (Å²) in [6, 6.07) is 8.33. The molecule has 0 aliphatic carbocycles. The van der Waals surface area contributed by atoms with Crippen molar-refractivity contribution in [2.45, 2.75) is 30.9 Å². The average Bonchev–Trinajstić information content (AvgIpc) is 3.10. The number of ether oxygens (including phenoxy) is 1. The lowest BCUT2D eigenvalue weighted by Gasteiger charge is -2.42. The van der Waals surface area contributed by atoms with E-state index in [2.05, 4.69) is 33.4 Å². The molecule has 3 heterocycles. The van der Waals surface area contributed by atoms with Gasteiger partial charge in [-0.2, -0.15) is 0 Å². The van der Waals surface area contributed by atoms with Crippen LogP contribution in [0.5, 0.6) is 0 Å². The van der Waals surface area contributed by atoms with Crippen molar-refractivity contribution >= 4 is 27.9 Å². The van der Waals surface area contributed by atoms with Crippen LogP contribution in [0, 0.1) is 0 Å². The molecule has 6 nitrogen and oxygen atoms in total. The maximum atomic E-state index is 12.9. The molecule has 25 heavy (non-hydrogen) atoms. The number of benzene rings is 1. The Morgan fingerprint density at radius 2 is 2.00 bits per heavy atom. The first kappa shape index (κ1) is 16.8. The van der Waals surface area contributed by atoms with Crippen LogP contribution < -0.4 is 5.32 Å². The van der Waals surface area contributed by atoms with Gasteiger partial charge in [-0.3, -0.25) is 4.79 Å². The van der Waals surface area contributed by atoms with Crippen molar-refractivity contribution in [2.24, 2.45) is 0 Å². The Morgan fingerprint density at radius 1 is 1.20 bits per heavy atom. The largest absolute Gasteiger partial charge is 0.366 e. The Labute approximate surface area is 155 Å². The quantitative estimate of drug-likeness (QED) is 0.773. The summed E-state index contributed by atoms with van der Waals surface area (Å²) in [5.41, 5.74) is 1.27. The molecule has 3 amide bonds. The highest BCUT2D eigenvalue weighted by Gasteiger charge is 2.38. The van der Waals surface area contributed by atoms with Crippen LogP contribution in [0.1, 0.15) is 24.3 Å². The fraction of sp³-hybridized carbons (Fsp3) is 0.556. The van der Waals surface area contributed by atoms with E-state index >= 15 is 0 Å². The van der Waals surface area contributed by atoms with E-state index in [4.69, 9.17) is 4.74 Å². The van der Waals surface area contributed by atoms with Gasteiger partial charge in [0, 0.05) is 36.6 Å². The van der Waals surface area contributed by atoms with Crippen LogP contribution in [0.3, 0.4) is 0 Å². The van der Waals surface area contributed by atoms with Gasteiger partial charge in [0.2, 0.25) is 5.91 Å². The maximum Gasteiger partial charge on any atom is 0.320 e. The van der Waals surface area contributed by atoms with Crippen LogP contribution >= 0.6 is 15.9 Å². The highest BCUT2D eigenvalue weighted by molar-refractivity contribution is 9.10. The third-order valence-corrected chi connectivity index (χ3v) is 5.87. The van der Waals surface area contributed by atoms with Crippen LogP contribution in [-0.2, 0) is 9.53 Å². The van der Waals surface area contributed by atoms with Crippen molar-refractivity contribution in [1.82, 2.24) is 15.1 Å². The summed E-state index contributed by atoms with van der Waals surface area (Å²) in [6.45, 7) is 2.89. The lowest BCUT2D eigenvalue weighted by atomic mass is 9.99. The molecule has 0 radical (unpaired) electrons. The summed E-state index contributed by atoms with van der Waals surface area (Å²) in [4.78, 5) is 28.2. The van der Waals surface area contributed by atoms with Gasteiger partial charge in [0.25, 0.3) is 0 Å². The molecule has 0 saturated carbocycles. The minimum absolute atomic E-state index is 0.0368. The Morgan fingerprint density at radius 3 is 2.84 bits per heavy atom. The Balaban J connectivity index is 1.38. The molecular weight excluding hydrogens is 386 g/mol. The van der Waals surface area contributed by atoms with E-state index in [0.717, 1.165) is 30.4 Å². The second kappa shape index (κ2) is 6.96. The molecule has 3 saturated heterocycles. The number of carbonyl (C=O) groups excluding carboxylic acids is 2. The first-order valence-electron chi connectivity index (χ1n) is 8.80. The van der Waals surface area contributed by atoms with Crippen molar-refractivity contribution in [1.29, 1.82) is 0 Å². The molecule has 0 bridgehead atoms. The van der Waals surface area contributed by atoms with Gasteiger partial charge in [-0.25, -0.2) is 4.79 Å². The summed E-state index contributed by atoms with van der Waals surface area (Å²) in [6.07, 6.45) is 1.80. The number of nitrogens with one attached hydrogen (secondary N) is 1. The van der Waals surface area contributed by atoms with Gasteiger partial charge in [0.05, 0.1) is 12.1 Å². The smallest absolute Gasteiger partial charge is 0.320 e. The summed E-state index contributed by atoms with van der Waals surface area (Å²) >= 11 is 3.52. The predicted octanol–water partition coefficient (Wildman–Crippen LogP) is 1.95. The Kier molecular flexibility index (Phi) is 4.69. The molecule has 0 spiro atoms. The molecular formula is C18H22BrN3O3. The van der Waals surface area contributed by atoms with Gasteiger partial charge in [0.1, 0.15) is 6.61 Å². The molecule has 3 atom stereocenters. The zero-order chi connectivity index (χ0) is 17.4. The van der Waals surface area contributed by atoms with Crippen LogP contribution in [0.15, 0.2) is 28.7 Å². The van der Waals surface area contributed by atoms with Gasteiger partial charge >= 0.3 is 6.03 Å². The van der Waals surface area contributed by atoms with Gasteiger partial charge in [0.15, 0.2) is 0 Å². The van der Waals surface area contributed by atoms with Gasteiger partial charge in [-0.1, -0.05) is 28.1 Å². The number of fused-ring (bicyclic) bond motifs is 1. The van der Waals surface area contributed by atoms with Crippen molar-refractivity contribution in [3.8, 4) is 0 Å². The number of urea groups is 1. The minimum atomic E-state index is -0.0913. The number of hydrogen-bond donors (Lipinski definition) is 1. The lowest BCUT2D eigenvalue weighted by molar-refractivity contribution is -0.139. The van der Waals surface area contributed by atoms with E-state index in [9.17, 15) is 9.59 Å². The minimum Gasteiger partial charge on any atom is -0.366 e. The highest BCUT2D eigenvalue weighted by Crippen LogP contribution is 2.30. The summed E-state index contributed by atoms with van der Waals surface area (Å²) in [5.74, 6) is 0.295. The van der Waals surface area contributed by atoms with E-state index in [1.807, 2.05) is 21.9 Å². The molecule has 3 aliphatic rings. The molecule has 134 valence electrons. The van der Waals surface area contributed by atoms with Crippen molar-refractivity contribution in [3.05, 3.63) is 34.3 Å². The topological polar surface area (TPSA) is 61.9 Å². The van der Waals surface area contributed by atoms with Crippen molar-refractivity contribution < 1.29 is 14.3 Å². The Bertz CT molecular complexity index is 683. The average molecular weight is 408 g/mol. The van der Waals surface area contributed by atoms with E-state index in [-0.39, 0.29) is 30.7 Å². The first-order valence-corrected chi connectivity index (χ1v) is 9.60. The van der Waals surface area contributed by atoms with E-state index in [1.165, 1.54) is 5.56 Å². The number of nitrogens with zero attached hydrogens (tertiary/aromatic N) is 2. The first-order chi connectivity index (χ1) is 12.1. The molecule has 1 N–H and O–H groups in total. The third kappa shape index (κ3) is 3.53. The molecule has 1 aromatic rings. The third-order valence-electron chi connectivity index (χ3n) is 5.37. The Hall–Kier alpha value is -1.60. The molecule has 0 aromatic heterocycles. The fourth-order valence-corrected chi connectivity index (χ4v) is 4.46. The van der Waals surface area contributed by atoms with Gasteiger partial charge < -0.3 is 19.9 Å². The number of piperidine rings is 1. The number of carbonyl (C=O) groups is 2. The summed E-state index contributed by atoms with van der Waals surface area (Å²) in [5, 5.41) is 2.95. The molecule has 4 rings (SSSR count). The SMILES string of the molecule is O=C1CO[C@H]2CCN(C(=O)N3CC[C@@H](c4cccc(Br)c4)C3)C[C@H]2N1. The van der Waals surface area contributed by atoms with Crippen molar-refractivity contribution in [3.63, 3.8) is 0 Å². The van der Waals surface area contributed by atoms with Crippen LogP contribution in [-0.4, -0.2) is 66.7 Å². The second-order valence-electron chi connectivity index (χ2n) is 7.03. The molecule has 3 aliphatic heterocycles. The zero-order valence-corrected chi connectivity index (χ0v) is 15.6. The van der Waals surface area contributed by atoms with E-state index < -0.39 is 0 Å². The number of hydrogen-bond acceptors (Lipinski definition) is 3. The maximum absolute atomic E-state index is 12.9. The number of morpholine rings is 1. The lowest BCUT2D eigenvalue weighted by Crippen LogP contribution is -2.62. The fourth-order valence-electron chi connectivity index (χ4n) is 4.04. The number of halogens is 1. The highest BCUT2D eigenvalue weighted by atomic mass is 79.9. The predicted molar refractivity (Wildman–Crippen MR) is 96.3 cm³/mol. The van der Waals surface area contributed by atoms with E-state index in [1.54, 1.807) is 0 Å². The molecule has 3 fully saturated rings. The summed E-state index contributed by atoms with van der Waals surface area (Å²) < 4.78 is 6.64. The monoisotopic (exact) mass is 407 g/mol. The normalized spacial score (nSPS) is 29.3. The molecule has 0 unspecified atom stereocenters. The van der Waals surface area contributed by atoms with Crippen LogP contribution in [0.25, 0.3) is 0 Å². The van der Waals surface area contributed by atoms with Crippen molar-refractivity contribution in [2.75, 3.05) is 32.8 Å². The second-order valence-corrected chi connectivity index (χ2v) is 7.94. The molecule has 7 heteroatoms. The summed E-state index contributed by atoms with van der Waals surface area (Å²) in [7, 11) is 0. The zero-order valence-electron chi connectivity index (χ0n) is 14.0. The molecule has 1 aromatic carbocycles. The van der Waals surface area contributed by atoms with Crippen LogP contribution in [0.4, 0.5) is 4.79 Å². The van der Waals surface area contributed by atoms with Gasteiger partial charge in [-0.05, 0) is 30.5 Å². The number of likely N-dealkylation sites (tertiary alicyclic amines) is 2.